The number of hydrogen-bond acceptors (Lipinski definition) is 4. The maximum atomic E-state index is 12.5. The molecular formula is C17H28ClN3O3S. The van der Waals surface area contributed by atoms with Crippen LogP contribution in [0.25, 0.3) is 0 Å². The second kappa shape index (κ2) is 8.98. The standard InChI is InChI=1S/C17H27N3O3S.ClH/c1-12-9-13(2)17(14(3)10-12)24(22,23)19-8-6-16(21)20(4)15-5-7-18-11-15;/h9-10,15,18-19H,5-8,11H2,1-4H3;1H. The molecule has 1 amide bonds. The van der Waals surface area contributed by atoms with Crippen LogP contribution in [0.4, 0.5) is 0 Å². The fourth-order valence-electron chi connectivity index (χ4n) is 3.31. The molecule has 2 N–H and O–H groups in total. The lowest BCUT2D eigenvalue weighted by molar-refractivity contribution is -0.131. The van der Waals surface area contributed by atoms with Crippen LogP contribution >= 0.6 is 12.4 Å². The minimum absolute atomic E-state index is 0. The van der Waals surface area contributed by atoms with Crippen molar-refractivity contribution in [2.24, 2.45) is 0 Å². The van der Waals surface area contributed by atoms with E-state index in [1.807, 2.05) is 19.1 Å². The highest BCUT2D eigenvalue weighted by Gasteiger charge is 2.24. The van der Waals surface area contributed by atoms with Crippen molar-refractivity contribution in [3.05, 3.63) is 28.8 Å². The number of benzene rings is 1. The molecule has 1 atom stereocenters. The highest BCUT2D eigenvalue weighted by molar-refractivity contribution is 7.89. The molecule has 1 aromatic rings. The largest absolute Gasteiger partial charge is 0.341 e. The van der Waals surface area contributed by atoms with E-state index < -0.39 is 10.0 Å². The number of halogens is 1. The normalized spacial score (nSPS) is 17.2. The molecule has 1 aliphatic rings. The van der Waals surface area contributed by atoms with Gasteiger partial charge in [-0.05, 0) is 44.9 Å². The molecule has 0 saturated carbocycles. The van der Waals surface area contributed by atoms with Gasteiger partial charge in [-0.1, -0.05) is 17.7 Å². The number of amides is 1. The Kier molecular flexibility index (Phi) is 7.87. The molecule has 8 heteroatoms. The summed E-state index contributed by atoms with van der Waals surface area (Å²) in [6.07, 6.45) is 1.10. The Morgan fingerprint density at radius 2 is 1.88 bits per heavy atom. The Bertz CT molecular complexity index is 693. The molecule has 25 heavy (non-hydrogen) atoms. The van der Waals surface area contributed by atoms with Crippen LogP contribution in [0.2, 0.25) is 0 Å². The molecule has 0 bridgehead atoms. The van der Waals surface area contributed by atoms with Crippen LogP contribution in [0.15, 0.2) is 17.0 Å². The predicted octanol–water partition coefficient (Wildman–Crippen LogP) is 1.52. The Labute approximate surface area is 156 Å². The summed E-state index contributed by atoms with van der Waals surface area (Å²) in [5.41, 5.74) is 2.48. The van der Waals surface area contributed by atoms with Crippen molar-refractivity contribution in [2.45, 2.75) is 44.6 Å². The lowest BCUT2D eigenvalue weighted by Gasteiger charge is -2.23. The smallest absolute Gasteiger partial charge is 0.241 e. The molecule has 0 radical (unpaired) electrons. The van der Waals surface area contributed by atoms with E-state index >= 15 is 0 Å². The van der Waals surface area contributed by atoms with Crippen LogP contribution in [0, 0.1) is 20.8 Å². The number of rotatable bonds is 6. The van der Waals surface area contributed by atoms with E-state index in [4.69, 9.17) is 0 Å². The molecule has 1 heterocycles. The lowest BCUT2D eigenvalue weighted by atomic mass is 10.1. The topological polar surface area (TPSA) is 78.5 Å². The highest BCUT2D eigenvalue weighted by Crippen LogP contribution is 2.21. The zero-order chi connectivity index (χ0) is 17.9. The van der Waals surface area contributed by atoms with Crippen molar-refractivity contribution in [3.8, 4) is 0 Å². The first-order valence-corrected chi connectivity index (χ1v) is 9.74. The number of nitrogens with one attached hydrogen (secondary N) is 2. The molecule has 1 aliphatic heterocycles. The summed E-state index contributed by atoms with van der Waals surface area (Å²) >= 11 is 0. The van der Waals surface area contributed by atoms with Crippen LogP contribution in [0.3, 0.4) is 0 Å². The number of hydrogen-bond donors (Lipinski definition) is 2. The van der Waals surface area contributed by atoms with Gasteiger partial charge in [-0.15, -0.1) is 12.4 Å². The predicted molar refractivity (Wildman–Crippen MR) is 102 cm³/mol. The fourth-order valence-corrected chi connectivity index (χ4v) is 4.79. The molecule has 1 fully saturated rings. The number of aryl methyl sites for hydroxylation is 3. The number of likely N-dealkylation sites (N-methyl/N-ethyl adjacent to an activating group) is 1. The van der Waals surface area contributed by atoms with Gasteiger partial charge in [-0.25, -0.2) is 13.1 Å². The number of carbonyl (C=O) groups is 1. The number of nitrogens with zero attached hydrogens (tertiary/aromatic N) is 1. The first-order valence-electron chi connectivity index (χ1n) is 8.26. The van der Waals surface area contributed by atoms with Crippen LogP contribution in [-0.2, 0) is 14.8 Å². The molecule has 142 valence electrons. The van der Waals surface area contributed by atoms with E-state index in [0.29, 0.717) is 4.90 Å². The molecule has 1 aromatic carbocycles. The Morgan fingerprint density at radius 3 is 2.40 bits per heavy atom. The van der Waals surface area contributed by atoms with Crippen molar-refractivity contribution in [2.75, 3.05) is 26.7 Å². The number of sulfonamides is 1. The van der Waals surface area contributed by atoms with Crippen molar-refractivity contribution in [3.63, 3.8) is 0 Å². The summed E-state index contributed by atoms with van der Waals surface area (Å²) in [7, 11) is -1.83. The third-order valence-electron chi connectivity index (χ3n) is 4.48. The molecule has 1 saturated heterocycles. The van der Waals surface area contributed by atoms with Gasteiger partial charge in [0, 0.05) is 32.6 Å². The summed E-state index contributed by atoms with van der Waals surface area (Å²) in [4.78, 5) is 14.2. The Hall–Kier alpha value is -1.15. The molecule has 0 spiro atoms. The van der Waals surface area contributed by atoms with Crippen molar-refractivity contribution >= 4 is 28.3 Å². The van der Waals surface area contributed by atoms with Crippen molar-refractivity contribution < 1.29 is 13.2 Å². The molecular weight excluding hydrogens is 362 g/mol. The molecule has 6 nitrogen and oxygen atoms in total. The lowest BCUT2D eigenvalue weighted by Crippen LogP contribution is -2.40. The molecule has 2 rings (SSSR count). The summed E-state index contributed by atoms with van der Waals surface area (Å²) in [6, 6.07) is 3.91. The summed E-state index contributed by atoms with van der Waals surface area (Å²) in [5.74, 6) is -0.0382. The summed E-state index contributed by atoms with van der Waals surface area (Å²) in [6.45, 7) is 7.35. The minimum Gasteiger partial charge on any atom is -0.341 e. The monoisotopic (exact) mass is 389 g/mol. The summed E-state index contributed by atoms with van der Waals surface area (Å²) < 4.78 is 27.7. The third kappa shape index (κ3) is 5.41. The van der Waals surface area contributed by atoms with Gasteiger partial charge < -0.3 is 10.2 Å². The molecule has 1 unspecified atom stereocenters. The second-order valence-corrected chi connectivity index (χ2v) is 8.23. The Balaban J connectivity index is 0.00000312. The first-order chi connectivity index (χ1) is 11.2. The molecule has 0 aliphatic carbocycles. The maximum Gasteiger partial charge on any atom is 0.241 e. The van der Waals surface area contributed by atoms with E-state index in [2.05, 4.69) is 10.0 Å². The SMILES string of the molecule is Cc1cc(C)c(S(=O)(=O)NCCC(=O)N(C)C2CCNC2)c(C)c1.Cl. The van der Waals surface area contributed by atoms with Gasteiger partial charge in [0.2, 0.25) is 15.9 Å². The van der Waals surface area contributed by atoms with Gasteiger partial charge in [0.1, 0.15) is 0 Å². The second-order valence-electron chi connectivity index (χ2n) is 6.53. The van der Waals surface area contributed by atoms with Crippen molar-refractivity contribution in [1.29, 1.82) is 0 Å². The number of carbonyl (C=O) groups excluding carboxylic acids is 1. The van der Waals surface area contributed by atoms with Crippen LogP contribution in [0.1, 0.15) is 29.5 Å². The van der Waals surface area contributed by atoms with E-state index in [9.17, 15) is 13.2 Å². The Morgan fingerprint density at radius 1 is 1.28 bits per heavy atom. The van der Waals surface area contributed by atoms with Gasteiger partial charge >= 0.3 is 0 Å². The first kappa shape index (κ1) is 21.9. The molecule has 0 aromatic heterocycles. The highest BCUT2D eigenvalue weighted by atomic mass is 35.5. The van der Waals surface area contributed by atoms with Crippen LogP contribution in [-0.4, -0.2) is 51.9 Å². The third-order valence-corrected chi connectivity index (χ3v) is 6.25. The maximum absolute atomic E-state index is 12.5. The quantitative estimate of drug-likeness (QED) is 0.773. The average Bonchev–Trinajstić information content (AvgIpc) is 2.98. The van der Waals surface area contributed by atoms with Gasteiger partial charge in [0.25, 0.3) is 0 Å². The van der Waals surface area contributed by atoms with E-state index in [0.717, 1.165) is 36.2 Å². The van der Waals surface area contributed by atoms with Gasteiger partial charge in [-0.2, -0.15) is 0 Å². The van der Waals surface area contributed by atoms with E-state index in [1.54, 1.807) is 25.8 Å². The van der Waals surface area contributed by atoms with Crippen LogP contribution < -0.4 is 10.0 Å². The van der Waals surface area contributed by atoms with E-state index in [-0.39, 0.29) is 37.3 Å². The zero-order valence-corrected chi connectivity index (χ0v) is 16.9. The van der Waals surface area contributed by atoms with Gasteiger partial charge in [-0.3, -0.25) is 4.79 Å². The zero-order valence-electron chi connectivity index (χ0n) is 15.3. The fraction of sp³-hybridized carbons (Fsp3) is 0.588. The van der Waals surface area contributed by atoms with Crippen LogP contribution in [0.5, 0.6) is 0 Å². The summed E-state index contributed by atoms with van der Waals surface area (Å²) in [5, 5.41) is 3.22. The van der Waals surface area contributed by atoms with E-state index in [1.165, 1.54) is 0 Å². The van der Waals surface area contributed by atoms with Gasteiger partial charge in [0.05, 0.1) is 4.90 Å². The average molecular weight is 390 g/mol. The minimum atomic E-state index is -3.61. The van der Waals surface area contributed by atoms with Gasteiger partial charge in [0.15, 0.2) is 0 Å². The van der Waals surface area contributed by atoms with Crippen molar-refractivity contribution in [1.82, 2.24) is 14.9 Å².